The van der Waals surface area contributed by atoms with Crippen molar-refractivity contribution >= 4 is 31.4 Å². The van der Waals surface area contributed by atoms with Crippen molar-refractivity contribution in [2.45, 2.75) is 5.75 Å². The molecule has 0 aliphatic carbocycles. The van der Waals surface area contributed by atoms with Gasteiger partial charge in [0.1, 0.15) is 17.9 Å². The first-order valence-corrected chi connectivity index (χ1v) is 12.8. The molecular weight excluding hydrogens is 445 g/mol. The number of anilines is 2. The van der Waals surface area contributed by atoms with E-state index >= 15 is 0 Å². The highest BCUT2D eigenvalue weighted by molar-refractivity contribution is 8.02. The maximum atomic E-state index is 13.5. The van der Waals surface area contributed by atoms with E-state index in [4.69, 9.17) is 4.74 Å². The topological polar surface area (TPSA) is 124 Å². The van der Waals surface area contributed by atoms with Gasteiger partial charge in [0.15, 0.2) is 5.82 Å². The number of sulfonamides is 1. The highest BCUT2D eigenvalue weighted by Crippen LogP contribution is 2.28. The molecule has 3 aromatic rings. The van der Waals surface area contributed by atoms with Crippen molar-refractivity contribution in [1.29, 1.82) is 0 Å². The Morgan fingerprint density at radius 2 is 1.87 bits per heavy atom. The lowest BCUT2D eigenvalue weighted by Gasteiger charge is -2.10. The summed E-state index contributed by atoms with van der Waals surface area (Å²) in [5.74, 6) is 0.317. The zero-order valence-corrected chi connectivity index (χ0v) is 18.6. The summed E-state index contributed by atoms with van der Waals surface area (Å²) >= 11 is 0. The number of hydrogen-bond donors (Lipinski definition) is 1. The van der Waals surface area contributed by atoms with Gasteiger partial charge in [0.05, 0.1) is 34.4 Å². The second-order valence-electron chi connectivity index (χ2n) is 6.71. The molecule has 31 heavy (non-hydrogen) atoms. The van der Waals surface area contributed by atoms with Crippen molar-refractivity contribution in [2.24, 2.45) is 3.77 Å². The van der Waals surface area contributed by atoms with Crippen LogP contribution in [-0.2, 0) is 25.5 Å². The summed E-state index contributed by atoms with van der Waals surface area (Å²) in [6, 6.07) is 10.9. The molecule has 1 heterocycles. The molecule has 1 N–H and O–H groups in total. The van der Waals surface area contributed by atoms with Crippen LogP contribution < -0.4 is 10.1 Å². The molecule has 0 amide bonds. The molecule has 0 aliphatic heterocycles. The summed E-state index contributed by atoms with van der Waals surface area (Å²) in [4.78, 5) is 12.5. The number of methoxy groups -OCH3 is 1. The number of hydrogen-bond acceptors (Lipinski definition) is 8. The largest absolute Gasteiger partial charge is 0.496 e. The van der Waals surface area contributed by atoms with Crippen LogP contribution in [0.15, 0.2) is 52.6 Å². The first kappa shape index (κ1) is 22.6. The highest BCUT2D eigenvalue weighted by Gasteiger charge is 2.12. The molecule has 3 rings (SSSR count). The summed E-state index contributed by atoms with van der Waals surface area (Å²) < 4.78 is 57.3. The van der Waals surface area contributed by atoms with Crippen LogP contribution in [0.1, 0.15) is 5.56 Å². The van der Waals surface area contributed by atoms with Crippen LogP contribution in [-0.4, -0.2) is 47.2 Å². The average Bonchev–Trinajstić information content (AvgIpc) is 2.66. The molecule has 12 heteroatoms. The monoisotopic (exact) mass is 465 g/mol. The van der Waals surface area contributed by atoms with E-state index in [1.165, 1.54) is 37.9 Å². The molecule has 0 spiro atoms. The van der Waals surface area contributed by atoms with E-state index in [1.54, 1.807) is 24.3 Å². The van der Waals surface area contributed by atoms with Gasteiger partial charge >= 0.3 is 0 Å². The maximum absolute atomic E-state index is 13.5. The Morgan fingerprint density at radius 1 is 1.10 bits per heavy atom. The van der Waals surface area contributed by atoms with E-state index in [2.05, 4.69) is 24.0 Å². The fourth-order valence-electron chi connectivity index (χ4n) is 2.83. The summed E-state index contributed by atoms with van der Waals surface area (Å²) in [6.45, 7) is 0. The molecule has 2 aromatic carbocycles. The molecule has 0 bridgehead atoms. The number of aromatic nitrogens is 3. The van der Waals surface area contributed by atoms with Gasteiger partial charge < -0.3 is 10.1 Å². The van der Waals surface area contributed by atoms with Crippen molar-refractivity contribution in [2.75, 3.05) is 24.9 Å². The smallest absolute Gasteiger partial charge is 0.257 e. The van der Waals surface area contributed by atoms with Crippen LogP contribution in [0.3, 0.4) is 0 Å². The van der Waals surface area contributed by atoms with Gasteiger partial charge in [-0.1, -0.05) is 12.1 Å². The number of nitrogens with one attached hydrogen (secondary N) is 1. The van der Waals surface area contributed by atoms with Crippen molar-refractivity contribution < 1.29 is 21.8 Å². The number of halogens is 1. The molecule has 0 fully saturated rings. The van der Waals surface area contributed by atoms with E-state index < -0.39 is 25.6 Å². The molecular formula is C19H20FN5O4S2. The van der Waals surface area contributed by atoms with Gasteiger partial charge in [-0.25, -0.2) is 27.0 Å². The molecule has 0 saturated heterocycles. The second-order valence-corrected chi connectivity index (χ2v) is 11.0. The third-order valence-corrected chi connectivity index (χ3v) is 7.10. The summed E-state index contributed by atoms with van der Waals surface area (Å²) in [5, 5.41) is 3.02. The molecule has 0 saturated carbocycles. The molecule has 1 atom stereocenters. The predicted molar refractivity (Wildman–Crippen MR) is 117 cm³/mol. The first-order chi connectivity index (χ1) is 14.5. The van der Waals surface area contributed by atoms with Gasteiger partial charge in [-0.3, -0.25) is 0 Å². The minimum Gasteiger partial charge on any atom is -0.496 e. The number of rotatable bonds is 7. The Morgan fingerprint density at radius 3 is 2.58 bits per heavy atom. The third-order valence-electron chi connectivity index (χ3n) is 3.89. The van der Waals surface area contributed by atoms with Gasteiger partial charge in [0, 0.05) is 18.0 Å². The Hall–Kier alpha value is -3.12. The van der Waals surface area contributed by atoms with Crippen LogP contribution in [0.5, 0.6) is 5.75 Å². The minimum absolute atomic E-state index is 0.0369. The fourth-order valence-corrected chi connectivity index (χ4v) is 6.13. The molecule has 1 unspecified atom stereocenters. The second kappa shape index (κ2) is 8.94. The van der Waals surface area contributed by atoms with Gasteiger partial charge in [-0.2, -0.15) is 4.98 Å². The normalized spacial score (nSPS) is 13.3. The van der Waals surface area contributed by atoms with Gasteiger partial charge in [-0.05, 0) is 29.8 Å². The van der Waals surface area contributed by atoms with Crippen LogP contribution in [0, 0.1) is 5.82 Å². The Labute approximate surface area is 180 Å². The molecule has 164 valence electrons. The molecule has 0 radical (unpaired) electrons. The summed E-state index contributed by atoms with van der Waals surface area (Å²) in [5.41, 5.74) is 1.71. The average molecular weight is 466 g/mol. The quantitative estimate of drug-likeness (QED) is 0.565. The van der Waals surface area contributed by atoms with E-state index in [1.807, 2.05) is 0 Å². The van der Waals surface area contributed by atoms with E-state index in [0.717, 1.165) is 6.26 Å². The fraction of sp³-hybridized carbons (Fsp3) is 0.211. The lowest BCUT2D eigenvalue weighted by Crippen LogP contribution is -2.06. The standard InChI is InChI=1S/C19H20FN5O4S2/c1-29-17-10-14(20)7-8-16(17)18-21-12-22-19(24-18)23-15-6-4-5-13(9-15)11-30(2,26)25-31(3,27)28/h4-10,12H,11H2,1-3H3,(H,21,22,23,24). The van der Waals surface area contributed by atoms with Gasteiger partial charge in [0.25, 0.3) is 10.0 Å². The van der Waals surface area contributed by atoms with Crippen molar-refractivity contribution in [1.82, 2.24) is 15.0 Å². The number of benzene rings is 2. The molecule has 0 aliphatic rings. The number of nitrogens with zero attached hydrogens (tertiary/aromatic N) is 4. The molecule has 1 aromatic heterocycles. The Balaban J connectivity index is 1.86. The Kier molecular flexibility index (Phi) is 6.51. The van der Waals surface area contributed by atoms with E-state index in [-0.39, 0.29) is 23.3 Å². The van der Waals surface area contributed by atoms with Gasteiger partial charge in [-0.15, -0.1) is 3.77 Å². The number of ether oxygens (including phenoxy) is 1. The van der Waals surface area contributed by atoms with E-state index in [0.29, 0.717) is 16.8 Å². The van der Waals surface area contributed by atoms with Crippen molar-refractivity contribution in [3.8, 4) is 17.1 Å². The first-order valence-electron chi connectivity index (χ1n) is 8.85. The third kappa shape index (κ3) is 6.43. The zero-order chi connectivity index (χ0) is 22.6. The predicted octanol–water partition coefficient (Wildman–Crippen LogP) is 2.99. The zero-order valence-electron chi connectivity index (χ0n) is 16.9. The van der Waals surface area contributed by atoms with Crippen molar-refractivity contribution in [3.05, 3.63) is 60.2 Å². The maximum Gasteiger partial charge on any atom is 0.257 e. The summed E-state index contributed by atoms with van der Waals surface area (Å²) in [6.07, 6.45) is 3.51. The lowest BCUT2D eigenvalue weighted by atomic mass is 10.2. The van der Waals surface area contributed by atoms with Crippen molar-refractivity contribution in [3.63, 3.8) is 0 Å². The summed E-state index contributed by atoms with van der Waals surface area (Å²) in [7, 11) is -5.27. The lowest BCUT2D eigenvalue weighted by molar-refractivity contribution is 0.412. The van der Waals surface area contributed by atoms with Crippen LogP contribution in [0.2, 0.25) is 0 Å². The van der Waals surface area contributed by atoms with E-state index in [9.17, 15) is 17.0 Å². The van der Waals surface area contributed by atoms with Crippen LogP contribution in [0.25, 0.3) is 11.4 Å². The minimum atomic E-state index is -3.73. The molecule has 9 nitrogen and oxygen atoms in total. The van der Waals surface area contributed by atoms with Crippen LogP contribution >= 0.6 is 0 Å². The Bertz CT molecular complexity index is 1340. The highest BCUT2D eigenvalue weighted by atomic mass is 32.3. The SMILES string of the molecule is COc1cc(F)ccc1-c1ncnc(Nc2cccc(CS(C)(=O)=NS(C)(=O)=O)c2)n1. The van der Waals surface area contributed by atoms with Gasteiger partial charge in [0.2, 0.25) is 5.95 Å². The van der Waals surface area contributed by atoms with Crippen LogP contribution in [0.4, 0.5) is 16.0 Å².